The summed E-state index contributed by atoms with van der Waals surface area (Å²) in [5.74, 6) is 4.39. The first kappa shape index (κ1) is 7.18. The van der Waals surface area contributed by atoms with Crippen LogP contribution in [0.5, 0.6) is 0 Å². The standard InChI is InChI=1S/C10H16N/c1-3-9-8-11(2)6-4-10(9)5-7-11/h1,9-10H,4-8H2,2H3/q+1. The van der Waals surface area contributed by atoms with Crippen molar-refractivity contribution in [3.05, 3.63) is 0 Å². The molecule has 0 aromatic carbocycles. The molecule has 3 fully saturated rings. The highest BCUT2D eigenvalue weighted by atomic mass is 15.3. The summed E-state index contributed by atoms with van der Waals surface area (Å²) < 4.78 is 1.24. The predicted octanol–water partition coefficient (Wildman–Crippen LogP) is 1.11. The van der Waals surface area contributed by atoms with Crippen LogP contribution in [0.1, 0.15) is 12.8 Å². The SMILES string of the molecule is C#CC1C[N+]2(C)CCC1CC2. The topological polar surface area (TPSA) is 0 Å². The molecule has 2 bridgehead atoms. The molecule has 11 heavy (non-hydrogen) atoms. The van der Waals surface area contributed by atoms with Gasteiger partial charge in [0.2, 0.25) is 0 Å². The average Bonchev–Trinajstić information content (AvgIpc) is 2.04. The van der Waals surface area contributed by atoms with Crippen LogP contribution in [-0.4, -0.2) is 31.2 Å². The molecular weight excluding hydrogens is 134 g/mol. The number of hydrogen-bond donors (Lipinski definition) is 0. The van der Waals surface area contributed by atoms with Gasteiger partial charge >= 0.3 is 0 Å². The summed E-state index contributed by atoms with van der Waals surface area (Å²) in [4.78, 5) is 0. The Balaban J connectivity index is 2.17. The number of fused-ring (bicyclic) bond motifs is 3. The van der Waals surface area contributed by atoms with Gasteiger partial charge in [0.25, 0.3) is 0 Å². The molecule has 0 aromatic heterocycles. The van der Waals surface area contributed by atoms with Crippen molar-refractivity contribution in [1.82, 2.24) is 0 Å². The third-order valence-electron chi connectivity index (χ3n) is 3.50. The van der Waals surface area contributed by atoms with E-state index < -0.39 is 0 Å². The summed E-state index contributed by atoms with van der Waals surface area (Å²) >= 11 is 0. The van der Waals surface area contributed by atoms with Crippen molar-refractivity contribution in [1.29, 1.82) is 0 Å². The molecule has 0 aromatic rings. The van der Waals surface area contributed by atoms with Crippen LogP contribution in [0, 0.1) is 24.2 Å². The maximum atomic E-state index is 5.49. The minimum atomic E-state index is 0.586. The van der Waals surface area contributed by atoms with Gasteiger partial charge in [-0.3, -0.25) is 0 Å². The van der Waals surface area contributed by atoms with Crippen molar-refractivity contribution in [2.24, 2.45) is 11.8 Å². The number of hydrogen-bond acceptors (Lipinski definition) is 0. The van der Waals surface area contributed by atoms with E-state index in [1.54, 1.807) is 0 Å². The average molecular weight is 150 g/mol. The Morgan fingerprint density at radius 2 is 2.00 bits per heavy atom. The third-order valence-corrected chi connectivity index (χ3v) is 3.50. The van der Waals surface area contributed by atoms with Gasteiger partial charge in [0.1, 0.15) is 0 Å². The highest BCUT2D eigenvalue weighted by Crippen LogP contribution is 2.35. The number of quaternary nitrogens is 1. The van der Waals surface area contributed by atoms with Gasteiger partial charge in [-0.1, -0.05) is 5.92 Å². The molecule has 3 rings (SSSR count). The van der Waals surface area contributed by atoms with Crippen LogP contribution in [0.15, 0.2) is 0 Å². The van der Waals surface area contributed by atoms with Crippen molar-refractivity contribution in [2.75, 3.05) is 26.7 Å². The van der Waals surface area contributed by atoms with Gasteiger partial charge in [-0.25, -0.2) is 0 Å². The highest BCUT2D eigenvalue weighted by Gasteiger charge is 2.42. The van der Waals surface area contributed by atoms with E-state index in [1.165, 1.54) is 37.0 Å². The summed E-state index contributed by atoms with van der Waals surface area (Å²) in [6.07, 6.45) is 8.22. The lowest BCUT2D eigenvalue weighted by atomic mass is 9.78. The van der Waals surface area contributed by atoms with Crippen molar-refractivity contribution in [3.63, 3.8) is 0 Å². The Bertz CT molecular complexity index is 193. The van der Waals surface area contributed by atoms with Crippen molar-refractivity contribution in [3.8, 4) is 12.3 Å². The van der Waals surface area contributed by atoms with Crippen LogP contribution >= 0.6 is 0 Å². The fourth-order valence-electron chi connectivity index (χ4n) is 2.61. The van der Waals surface area contributed by atoms with Gasteiger partial charge in [-0.05, 0) is 5.92 Å². The van der Waals surface area contributed by atoms with E-state index in [1.807, 2.05) is 0 Å². The number of rotatable bonds is 0. The maximum Gasteiger partial charge on any atom is 0.0927 e. The monoisotopic (exact) mass is 150 g/mol. The zero-order valence-electron chi connectivity index (χ0n) is 7.21. The number of terminal acetylenes is 1. The van der Waals surface area contributed by atoms with E-state index >= 15 is 0 Å². The van der Waals surface area contributed by atoms with E-state index in [-0.39, 0.29) is 0 Å². The molecule has 3 aliphatic rings. The first-order valence-corrected chi connectivity index (χ1v) is 4.53. The van der Waals surface area contributed by atoms with Crippen LogP contribution in [-0.2, 0) is 0 Å². The molecule has 0 spiro atoms. The molecule has 0 aliphatic carbocycles. The molecule has 1 nitrogen and oxygen atoms in total. The van der Waals surface area contributed by atoms with Crippen LogP contribution in [0.2, 0.25) is 0 Å². The van der Waals surface area contributed by atoms with Crippen LogP contribution in [0.25, 0.3) is 0 Å². The largest absolute Gasteiger partial charge is 0.325 e. The molecule has 3 heterocycles. The fourth-order valence-corrected chi connectivity index (χ4v) is 2.61. The molecule has 1 atom stereocenters. The first-order chi connectivity index (χ1) is 5.23. The zero-order valence-corrected chi connectivity index (χ0v) is 7.21. The summed E-state index contributed by atoms with van der Waals surface area (Å²) in [6, 6.07) is 0. The van der Waals surface area contributed by atoms with Crippen LogP contribution in [0.3, 0.4) is 0 Å². The lowest BCUT2D eigenvalue weighted by molar-refractivity contribution is -0.927. The summed E-state index contributed by atoms with van der Waals surface area (Å²) in [5, 5.41) is 0. The smallest absolute Gasteiger partial charge is 0.0927 e. The molecule has 1 unspecified atom stereocenters. The second-order valence-electron chi connectivity index (χ2n) is 4.36. The molecule has 60 valence electrons. The lowest BCUT2D eigenvalue weighted by Gasteiger charge is -2.49. The Labute approximate surface area is 69.0 Å². The quantitative estimate of drug-likeness (QED) is 0.358. The fraction of sp³-hybridized carbons (Fsp3) is 0.800. The minimum absolute atomic E-state index is 0.586. The molecule has 1 heteroatoms. The Hall–Kier alpha value is -0.480. The molecule has 0 radical (unpaired) electrons. The summed E-state index contributed by atoms with van der Waals surface area (Å²) in [5.41, 5.74) is 0. The Kier molecular flexibility index (Phi) is 1.47. The zero-order chi connectivity index (χ0) is 7.90. The van der Waals surface area contributed by atoms with Crippen LogP contribution < -0.4 is 0 Å². The Morgan fingerprint density at radius 1 is 1.36 bits per heavy atom. The molecule has 0 saturated carbocycles. The minimum Gasteiger partial charge on any atom is -0.325 e. The van der Waals surface area contributed by atoms with E-state index in [0.717, 1.165) is 5.92 Å². The molecular formula is C10H16N+. The lowest BCUT2D eigenvalue weighted by Crippen LogP contribution is -2.58. The maximum absolute atomic E-state index is 5.49. The molecule has 3 saturated heterocycles. The van der Waals surface area contributed by atoms with E-state index in [4.69, 9.17) is 6.42 Å². The highest BCUT2D eigenvalue weighted by molar-refractivity contribution is 4.99. The third kappa shape index (κ3) is 1.06. The molecule has 0 amide bonds. The van der Waals surface area contributed by atoms with Crippen molar-refractivity contribution >= 4 is 0 Å². The van der Waals surface area contributed by atoms with Gasteiger partial charge in [0.05, 0.1) is 32.6 Å². The molecule has 3 aliphatic heterocycles. The summed E-state index contributed by atoms with van der Waals surface area (Å²) in [6.45, 7) is 3.97. The van der Waals surface area contributed by atoms with E-state index in [9.17, 15) is 0 Å². The van der Waals surface area contributed by atoms with E-state index in [2.05, 4.69) is 13.0 Å². The van der Waals surface area contributed by atoms with Gasteiger partial charge in [-0.15, -0.1) is 6.42 Å². The number of piperidine rings is 3. The normalized spacial score (nSPS) is 48.7. The predicted molar refractivity (Wildman–Crippen MR) is 45.8 cm³/mol. The number of nitrogens with zero attached hydrogens (tertiary/aromatic N) is 1. The van der Waals surface area contributed by atoms with Crippen molar-refractivity contribution in [2.45, 2.75) is 12.8 Å². The first-order valence-electron chi connectivity index (χ1n) is 4.53. The summed E-state index contributed by atoms with van der Waals surface area (Å²) in [7, 11) is 2.35. The van der Waals surface area contributed by atoms with Crippen molar-refractivity contribution < 1.29 is 4.48 Å². The second kappa shape index (κ2) is 2.25. The Morgan fingerprint density at radius 3 is 2.36 bits per heavy atom. The van der Waals surface area contributed by atoms with E-state index in [0.29, 0.717) is 5.92 Å². The van der Waals surface area contributed by atoms with Gasteiger partial charge in [0, 0.05) is 12.8 Å². The molecule has 0 N–H and O–H groups in total. The van der Waals surface area contributed by atoms with Gasteiger partial charge in [0.15, 0.2) is 0 Å². The van der Waals surface area contributed by atoms with Gasteiger partial charge in [-0.2, -0.15) is 0 Å². The second-order valence-corrected chi connectivity index (χ2v) is 4.36. The van der Waals surface area contributed by atoms with Crippen LogP contribution in [0.4, 0.5) is 0 Å². The van der Waals surface area contributed by atoms with Gasteiger partial charge < -0.3 is 4.48 Å².